The van der Waals surface area contributed by atoms with Gasteiger partial charge in [-0.1, -0.05) is 29.8 Å². The number of ketones is 1. The van der Waals surface area contributed by atoms with Crippen molar-refractivity contribution < 1.29 is 19.1 Å². The number of halogens is 2. The standard InChI is InChI=1S/C27H21ClFN3O3S2/c28-19-4-1-2-5-22(19)37-25-21(34)13-27(32-26(25)35,17-10-11-36-15-17)23-6-3-7-24(31-23)30-18-8-9-20(29)16(12-18)14-33/h1-12,15,25,33H,13-14H2,(H,30,31)(H,32,35). The van der Waals surface area contributed by atoms with Crippen LogP contribution in [0.2, 0.25) is 5.02 Å². The Morgan fingerprint density at radius 2 is 2.00 bits per heavy atom. The number of hydrogen-bond acceptors (Lipinski definition) is 7. The van der Waals surface area contributed by atoms with Crippen molar-refractivity contribution in [3.63, 3.8) is 0 Å². The van der Waals surface area contributed by atoms with E-state index in [0.717, 1.165) is 17.3 Å². The lowest BCUT2D eigenvalue weighted by Gasteiger charge is -2.39. The van der Waals surface area contributed by atoms with Crippen LogP contribution in [0, 0.1) is 5.82 Å². The number of pyridine rings is 1. The number of nitrogens with zero attached hydrogens (tertiary/aromatic N) is 1. The van der Waals surface area contributed by atoms with Crippen LogP contribution >= 0.6 is 34.7 Å². The topological polar surface area (TPSA) is 91.3 Å². The first kappa shape index (κ1) is 25.4. The van der Waals surface area contributed by atoms with E-state index in [2.05, 4.69) is 10.6 Å². The van der Waals surface area contributed by atoms with E-state index in [-0.39, 0.29) is 17.8 Å². The van der Waals surface area contributed by atoms with Crippen molar-refractivity contribution in [2.75, 3.05) is 5.32 Å². The minimum absolute atomic E-state index is 0.0131. The highest BCUT2D eigenvalue weighted by atomic mass is 35.5. The van der Waals surface area contributed by atoms with Gasteiger partial charge in [-0.05, 0) is 64.9 Å². The van der Waals surface area contributed by atoms with Crippen LogP contribution in [0.4, 0.5) is 15.9 Å². The highest BCUT2D eigenvalue weighted by Crippen LogP contribution is 2.41. The molecule has 6 nitrogen and oxygen atoms in total. The lowest BCUT2D eigenvalue weighted by molar-refractivity contribution is -0.133. The van der Waals surface area contributed by atoms with E-state index >= 15 is 0 Å². The summed E-state index contributed by atoms with van der Waals surface area (Å²) >= 11 is 8.86. The molecule has 4 aromatic rings. The largest absolute Gasteiger partial charge is 0.392 e. The first-order chi connectivity index (χ1) is 17.9. The number of piperidine rings is 1. The Hall–Kier alpha value is -3.24. The second-order valence-electron chi connectivity index (χ2n) is 8.48. The Morgan fingerprint density at radius 1 is 1.16 bits per heavy atom. The molecule has 2 aromatic heterocycles. The fourth-order valence-electron chi connectivity index (χ4n) is 4.25. The molecule has 2 unspecified atom stereocenters. The van der Waals surface area contributed by atoms with Gasteiger partial charge in [0.05, 0.1) is 17.3 Å². The van der Waals surface area contributed by atoms with Crippen LogP contribution < -0.4 is 10.6 Å². The predicted octanol–water partition coefficient (Wildman–Crippen LogP) is 5.67. The van der Waals surface area contributed by atoms with Gasteiger partial charge in [-0.3, -0.25) is 9.59 Å². The van der Waals surface area contributed by atoms with Gasteiger partial charge in [0.15, 0.2) is 5.78 Å². The molecular weight excluding hydrogens is 533 g/mol. The first-order valence-corrected chi connectivity index (χ1v) is 13.5. The molecule has 1 aliphatic rings. The zero-order chi connectivity index (χ0) is 26.0. The van der Waals surface area contributed by atoms with E-state index in [1.54, 1.807) is 42.5 Å². The summed E-state index contributed by atoms with van der Waals surface area (Å²) in [5, 5.41) is 18.9. The van der Waals surface area contributed by atoms with E-state index in [1.165, 1.54) is 23.5 Å². The van der Waals surface area contributed by atoms with Gasteiger partial charge in [-0.25, -0.2) is 9.37 Å². The lowest BCUT2D eigenvalue weighted by atomic mass is 9.79. The van der Waals surface area contributed by atoms with Crippen molar-refractivity contribution in [2.45, 2.75) is 28.7 Å². The summed E-state index contributed by atoms with van der Waals surface area (Å²) in [4.78, 5) is 32.2. The Kier molecular flexibility index (Phi) is 7.30. The smallest absolute Gasteiger partial charge is 0.242 e. The van der Waals surface area contributed by atoms with Gasteiger partial charge in [-0.15, -0.1) is 11.8 Å². The highest BCUT2D eigenvalue weighted by molar-refractivity contribution is 8.01. The zero-order valence-corrected chi connectivity index (χ0v) is 21.7. The SMILES string of the molecule is O=C1CC(c2ccsc2)(c2cccc(Nc3ccc(F)c(CO)c3)n2)NC(=O)C1Sc1ccccc1Cl. The molecule has 1 amide bonds. The van der Waals surface area contributed by atoms with Crippen molar-refractivity contribution in [3.8, 4) is 0 Å². The summed E-state index contributed by atoms with van der Waals surface area (Å²) in [6.07, 6.45) is 0.0131. The Labute approximate surface area is 225 Å². The summed E-state index contributed by atoms with van der Waals surface area (Å²) in [5.41, 5.74) is 0.794. The van der Waals surface area contributed by atoms with Crippen molar-refractivity contribution >= 4 is 57.9 Å². The summed E-state index contributed by atoms with van der Waals surface area (Å²) in [7, 11) is 0. The van der Waals surface area contributed by atoms with Crippen LogP contribution in [0.3, 0.4) is 0 Å². The molecule has 1 saturated heterocycles. The van der Waals surface area contributed by atoms with Crippen LogP contribution in [0.5, 0.6) is 0 Å². The summed E-state index contributed by atoms with van der Waals surface area (Å²) < 4.78 is 13.8. The van der Waals surface area contributed by atoms with Crippen LogP contribution in [0.1, 0.15) is 23.2 Å². The van der Waals surface area contributed by atoms with Crippen LogP contribution in [0.25, 0.3) is 0 Å². The Morgan fingerprint density at radius 3 is 2.73 bits per heavy atom. The highest BCUT2D eigenvalue weighted by Gasteiger charge is 2.48. The third kappa shape index (κ3) is 5.13. The van der Waals surface area contributed by atoms with Gasteiger partial charge < -0.3 is 15.7 Å². The fraction of sp³-hybridized carbons (Fsp3) is 0.148. The molecule has 37 heavy (non-hydrogen) atoms. The molecule has 3 heterocycles. The van der Waals surface area contributed by atoms with Crippen molar-refractivity contribution in [1.82, 2.24) is 10.3 Å². The third-order valence-electron chi connectivity index (χ3n) is 6.08. The number of rotatable bonds is 7. The second kappa shape index (κ2) is 10.6. The number of aliphatic hydroxyl groups is 1. The maximum atomic E-state index is 13.8. The minimum atomic E-state index is -1.15. The lowest BCUT2D eigenvalue weighted by Crippen LogP contribution is -2.58. The molecule has 2 atom stereocenters. The molecule has 0 aliphatic carbocycles. The van der Waals surface area contributed by atoms with Crippen LogP contribution in [-0.2, 0) is 21.7 Å². The predicted molar refractivity (Wildman–Crippen MR) is 144 cm³/mol. The summed E-state index contributed by atoms with van der Waals surface area (Å²) in [6, 6.07) is 18.5. The van der Waals surface area contributed by atoms with E-state index in [0.29, 0.717) is 27.1 Å². The monoisotopic (exact) mass is 553 g/mol. The van der Waals surface area contributed by atoms with Gasteiger partial charge in [0.25, 0.3) is 0 Å². The number of nitrogens with one attached hydrogen (secondary N) is 2. The van der Waals surface area contributed by atoms with Gasteiger partial charge >= 0.3 is 0 Å². The number of Topliss-reactive ketones (excluding diaryl/α,β-unsaturated/α-hetero) is 1. The fourth-order valence-corrected chi connectivity index (χ4v) is 6.23. The average molecular weight is 554 g/mol. The summed E-state index contributed by atoms with van der Waals surface area (Å²) in [6.45, 7) is -0.433. The molecule has 5 rings (SSSR count). The molecule has 3 N–H and O–H groups in total. The normalized spacial score (nSPS) is 19.5. The van der Waals surface area contributed by atoms with E-state index < -0.39 is 29.1 Å². The van der Waals surface area contributed by atoms with Gasteiger partial charge in [0.1, 0.15) is 22.4 Å². The zero-order valence-electron chi connectivity index (χ0n) is 19.3. The van der Waals surface area contributed by atoms with Crippen LogP contribution in [-0.4, -0.2) is 27.0 Å². The van der Waals surface area contributed by atoms with Gasteiger partial charge in [-0.2, -0.15) is 11.3 Å². The Bertz CT molecular complexity index is 1450. The Balaban J connectivity index is 1.47. The maximum Gasteiger partial charge on any atom is 0.242 e. The molecule has 2 aromatic carbocycles. The molecule has 1 aliphatic heterocycles. The molecule has 0 bridgehead atoms. The number of carbonyl (C=O) groups excluding carboxylic acids is 2. The molecule has 0 radical (unpaired) electrons. The molecule has 1 fully saturated rings. The average Bonchev–Trinajstić information content (AvgIpc) is 3.44. The number of anilines is 2. The minimum Gasteiger partial charge on any atom is -0.392 e. The number of thiophene rings is 1. The molecule has 188 valence electrons. The van der Waals surface area contributed by atoms with E-state index in [1.807, 2.05) is 22.9 Å². The molecule has 10 heteroatoms. The van der Waals surface area contributed by atoms with E-state index in [4.69, 9.17) is 16.6 Å². The van der Waals surface area contributed by atoms with Crippen molar-refractivity contribution in [2.24, 2.45) is 0 Å². The van der Waals surface area contributed by atoms with Crippen molar-refractivity contribution in [3.05, 3.63) is 105 Å². The number of thioether (sulfide) groups is 1. The van der Waals surface area contributed by atoms with Crippen LogP contribution in [0.15, 0.2) is 82.4 Å². The molecule has 0 saturated carbocycles. The number of amides is 1. The number of carbonyl (C=O) groups is 2. The summed E-state index contributed by atoms with van der Waals surface area (Å²) in [5.74, 6) is -0.708. The number of hydrogen-bond donors (Lipinski definition) is 3. The molecule has 0 spiro atoms. The van der Waals surface area contributed by atoms with Gasteiger partial charge in [0.2, 0.25) is 5.91 Å². The number of aliphatic hydroxyl groups excluding tert-OH is 1. The van der Waals surface area contributed by atoms with Crippen molar-refractivity contribution in [1.29, 1.82) is 0 Å². The second-order valence-corrected chi connectivity index (χ2v) is 10.8. The number of benzene rings is 2. The quantitative estimate of drug-likeness (QED) is 0.256. The molecular formula is C27H21ClFN3O3S2. The van der Waals surface area contributed by atoms with Gasteiger partial charge in [0, 0.05) is 22.6 Å². The first-order valence-electron chi connectivity index (χ1n) is 11.3. The van der Waals surface area contributed by atoms with E-state index in [9.17, 15) is 19.1 Å². The third-order valence-corrected chi connectivity index (χ3v) is 8.52. The maximum absolute atomic E-state index is 13.8. The number of aromatic nitrogens is 1.